The molecule has 1 unspecified atom stereocenters. The second-order valence-corrected chi connectivity index (χ2v) is 15.0. The second-order valence-electron chi connectivity index (χ2n) is 15.0. The van der Waals surface area contributed by atoms with Gasteiger partial charge in [-0.3, -0.25) is 4.79 Å². The molecule has 43 heavy (non-hydrogen) atoms. The second kappa shape index (κ2) is 10.7. The Kier molecular flexibility index (Phi) is 7.96. The van der Waals surface area contributed by atoms with Gasteiger partial charge in [-0.2, -0.15) is 0 Å². The molecule has 0 saturated heterocycles. The van der Waals surface area contributed by atoms with Gasteiger partial charge >= 0.3 is 5.97 Å². The molecule has 4 aliphatic rings. The largest absolute Gasteiger partial charge is 0.484 e. The van der Waals surface area contributed by atoms with Crippen LogP contribution in [0, 0.1) is 28.6 Å². The summed E-state index contributed by atoms with van der Waals surface area (Å²) in [6.45, 7) is 9.07. The van der Waals surface area contributed by atoms with Gasteiger partial charge in [0, 0.05) is 17.3 Å². The molecule has 1 aromatic rings. The van der Waals surface area contributed by atoms with Crippen LogP contribution in [0.1, 0.15) is 96.3 Å². The molecule has 9 nitrogen and oxygen atoms in total. The molecule has 0 radical (unpaired) electrons. The molecule has 3 saturated carbocycles. The first-order chi connectivity index (χ1) is 19.9. The molecule has 5 rings (SSSR count). The number of carbonyl (C=O) groups excluding carboxylic acids is 1. The molecule has 1 aromatic carbocycles. The lowest BCUT2D eigenvalue weighted by atomic mass is 9.45. The van der Waals surface area contributed by atoms with E-state index in [2.05, 4.69) is 0 Å². The predicted octanol–water partition coefficient (Wildman–Crippen LogP) is 3.64. The van der Waals surface area contributed by atoms with Crippen molar-refractivity contribution in [2.24, 2.45) is 28.6 Å². The minimum absolute atomic E-state index is 0.0388. The normalized spacial score (nSPS) is 39.5. The number of carbonyl (C=O) groups is 2. The van der Waals surface area contributed by atoms with E-state index in [1.54, 1.807) is 45.0 Å². The Bertz CT molecular complexity index is 1300. The molecular formula is C34H48O9. The van der Waals surface area contributed by atoms with Crippen molar-refractivity contribution in [2.75, 3.05) is 0 Å². The van der Waals surface area contributed by atoms with Crippen molar-refractivity contribution < 1.29 is 45.0 Å². The van der Waals surface area contributed by atoms with Gasteiger partial charge in [-0.15, -0.1) is 0 Å². The minimum atomic E-state index is -1.39. The molecule has 0 spiro atoms. The zero-order valence-electron chi connectivity index (χ0n) is 25.9. The lowest BCUT2D eigenvalue weighted by Gasteiger charge is -2.61. The van der Waals surface area contributed by atoms with Gasteiger partial charge in [0.1, 0.15) is 16.9 Å². The molecule has 3 fully saturated rings. The fourth-order valence-electron chi connectivity index (χ4n) is 9.41. The molecular weight excluding hydrogens is 552 g/mol. The highest BCUT2D eigenvalue weighted by atomic mass is 16.5. The number of aromatic carboxylic acids is 1. The van der Waals surface area contributed by atoms with E-state index in [0.717, 1.165) is 0 Å². The predicted molar refractivity (Wildman–Crippen MR) is 158 cm³/mol. The Morgan fingerprint density at radius 3 is 2.40 bits per heavy atom. The van der Waals surface area contributed by atoms with E-state index < -0.39 is 63.8 Å². The Balaban J connectivity index is 1.56. The summed E-state index contributed by atoms with van der Waals surface area (Å²) in [5, 5.41) is 65.8. The Morgan fingerprint density at radius 2 is 1.74 bits per heavy atom. The van der Waals surface area contributed by atoms with Gasteiger partial charge in [-0.05, 0) is 107 Å². The van der Waals surface area contributed by atoms with Crippen LogP contribution in [0.15, 0.2) is 35.9 Å². The molecule has 9 heteroatoms. The van der Waals surface area contributed by atoms with Crippen molar-refractivity contribution in [3.63, 3.8) is 0 Å². The lowest BCUT2D eigenvalue weighted by molar-refractivity contribution is -0.170. The van der Waals surface area contributed by atoms with E-state index in [1.165, 1.54) is 6.07 Å². The summed E-state index contributed by atoms with van der Waals surface area (Å²) in [5.41, 5.74) is -4.61. The number of carboxylic acids is 1. The third-order valence-electron chi connectivity index (χ3n) is 11.9. The number of allylic oxidation sites excluding steroid dienone is 1. The lowest BCUT2D eigenvalue weighted by Crippen LogP contribution is -2.63. The van der Waals surface area contributed by atoms with Gasteiger partial charge in [0.2, 0.25) is 0 Å². The maximum Gasteiger partial charge on any atom is 0.339 e. The van der Waals surface area contributed by atoms with E-state index in [9.17, 15) is 40.2 Å². The third-order valence-corrected chi connectivity index (χ3v) is 11.9. The average molecular weight is 601 g/mol. The van der Waals surface area contributed by atoms with Crippen molar-refractivity contribution in [3.8, 4) is 5.75 Å². The van der Waals surface area contributed by atoms with Crippen LogP contribution in [0.25, 0.3) is 0 Å². The monoisotopic (exact) mass is 600 g/mol. The van der Waals surface area contributed by atoms with Crippen molar-refractivity contribution in [1.29, 1.82) is 0 Å². The Labute approximate surface area is 253 Å². The number of rotatable bonds is 8. The van der Waals surface area contributed by atoms with Crippen LogP contribution in [0.5, 0.6) is 5.75 Å². The van der Waals surface area contributed by atoms with Gasteiger partial charge in [0.05, 0.1) is 29.5 Å². The van der Waals surface area contributed by atoms with E-state index >= 15 is 0 Å². The van der Waals surface area contributed by atoms with Crippen LogP contribution in [0.2, 0.25) is 0 Å². The van der Waals surface area contributed by atoms with Crippen molar-refractivity contribution in [2.45, 2.75) is 121 Å². The van der Waals surface area contributed by atoms with Gasteiger partial charge < -0.3 is 35.4 Å². The average Bonchev–Trinajstić information content (AvgIpc) is 3.20. The molecule has 10 atom stereocenters. The van der Waals surface area contributed by atoms with Crippen molar-refractivity contribution in [1.82, 2.24) is 0 Å². The summed E-state index contributed by atoms with van der Waals surface area (Å²) in [7, 11) is 0. The number of para-hydroxylation sites is 1. The smallest absolute Gasteiger partial charge is 0.339 e. The summed E-state index contributed by atoms with van der Waals surface area (Å²) < 4.78 is 6.58. The van der Waals surface area contributed by atoms with Crippen LogP contribution in [0.3, 0.4) is 0 Å². The molecule has 238 valence electrons. The van der Waals surface area contributed by atoms with Crippen LogP contribution in [0.4, 0.5) is 0 Å². The van der Waals surface area contributed by atoms with E-state index in [-0.39, 0.29) is 48.7 Å². The number of carboxylic acid groups (broad SMARTS) is 1. The van der Waals surface area contributed by atoms with Crippen LogP contribution in [-0.2, 0) is 4.79 Å². The van der Waals surface area contributed by atoms with E-state index in [1.807, 2.05) is 13.8 Å². The molecule has 0 bridgehead atoms. The van der Waals surface area contributed by atoms with Crippen molar-refractivity contribution >= 4 is 11.8 Å². The number of ether oxygens (including phenoxy) is 1. The summed E-state index contributed by atoms with van der Waals surface area (Å²) in [6.07, 6.45) is 1.49. The number of aliphatic hydroxyl groups is 5. The first kappa shape index (κ1) is 32.1. The van der Waals surface area contributed by atoms with E-state index in [4.69, 9.17) is 4.74 Å². The van der Waals surface area contributed by atoms with Crippen LogP contribution in [-0.4, -0.2) is 77.5 Å². The number of ketones is 1. The standard InChI is InChI=1S/C34H48O9/c1-30(2,41)13-12-28(38)33(5,43-26-9-7-6-8-19(26)29(39)40)27-11-15-34(42)21-16-23(35)22-17-24(36)25(37)18-31(22,3)20(21)10-14-32(27,34)4/h6-9,16,20,22,24-25,27-28,36-38,41-42H,10-15,17-18H2,1-5H3,(H,39,40)/t20-,22-,24+,25-,27-,28?,31+,32+,33+,34+/m0/s1. The van der Waals surface area contributed by atoms with Crippen LogP contribution < -0.4 is 4.74 Å². The van der Waals surface area contributed by atoms with Gasteiger partial charge in [0.25, 0.3) is 0 Å². The molecule has 0 heterocycles. The summed E-state index contributed by atoms with van der Waals surface area (Å²) >= 11 is 0. The van der Waals surface area contributed by atoms with Crippen molar-refractivity contribution in [3.05, 3.63) is 41.5 Å². The maximum atomic E-state index is 13.6. The van der Waals surface area contributed by atoms with Gasteiger partial charge in [0.15, 0.2) is 5.78 Å². The van der Waals surface area contributed by atoms with E-state index in [0.29, 0.717) is 31.3 Å². The highest BCUT2D eigenvalue weighted by Gasteiger charge is 2.70. The Morgan fingerprint density at radius 1 is 1.07 bits per heavy atom. The fraction of sp³-hybridized carbons (Fsp3) is 0.706. The molecule has 0 amide bonds. The summed E-state index contributed by atoms with van der Waals surface area (Å²) in [5.74, 6) is -2.22. The molecule has 4 aliphatic carbocycles. The Hall–Kier alpha value is -2.30. The highest BCUT2D eigenvalue weighted by Crippen LogP contribution is 2.69. The van der Waals surface area contributed by atoms with Gasteiger partial charge in [-0.25, -0.2) is 4.79 Å². The molecule has 0 aromatic heterocycles. The molecule has 6 N–H and O–H groups in total. The number of benzene rings is 1. The van der Waals surface area contributed by atoms with Crippen LogP contribution >= 0.6 is 0 Å². The zero-order valence-corrected chi connectivity index (χ0v) is 25.9. The summed E-state index contributed by atoms with van der Waals surface area (Å²) in [6, 6.07) is 6.30. The third kappa shape index (κ3) is 5.05. The quantitative estimate of drug-likeness (QED) is 0.261. The highest BCUT2D eigenvalue weighted by molar-refractivity contribution is 5.95. The fourth-order valence-corrected chi connectivity index (χ4v) is 9.41. The topological polar surface area (TPSA) is 165 Å². The summed E-state index contributed by atoms with van der Waals surface area (Å²) in [4.78, 5) is 25.6. The maximum absolute atomic E-state index is 13.6. The molecule has 0 aliphatic heterocycles. The number of aliphatic hydroxyl groups excluding tert-OH is 3. The first-order valence-corrected chi connectivity index (χ1v) is 15.6. The first-order valence-electron chi connectivity index (χ1n) is 15.6. The zero-order chi connectivity index (χ0) is 31.8. The minimum Gasteiger partial charge on any atom is -0.484 e. The van der Waals surface area contributed by atoms with Gasteiger partial charge in [-0.1, -0.05) is 26.0 Å². The SMILES string of the molecule is CC(C)(O)CCC(O)[C@](C)(Oc1ccccc1C(=O)O)[C@H]1CC[C@@]2(O)C3=CC(=O)[C@@H]4C[C@@H](O)[C@@H](O)C[C@]4(C)[C@H]3CC[C@]12C. The number of hydrogen-bond donors (Lipinski definition) is 6. The number of hydrogen-bond acceptors (Lipinski definition) is 8. The number of fused-ring (bicyclic) bond motifs is 5.